The molecule has 0 spiro atoms. The summed E-state index contributed by atoms with van der Waals surface area (Å²) in [7, 11) is 0. The molecule has 0 amide bonds. The zero-order chi connectivity index (χ0) is 10.7. The normalized spacial score (nSPS) is 17.9. The van der Waals surface area contributed by atoms with Crippen LogP contribution in [0.25, 0.3) is 0 Å². The minimum atomic E-state index is 0.322. The van der Waals surface area contributed by atoms with Gasteiger partial charge in [-0.2, -0.15) is 0 Å². The minimum absolute atomic E-state index is 0.322. The molecule has 1 aromatic heterocycles. The quantitative estimate of drug-likeness (QED) is 0.788. The number of nitrogens with zero attached hydrogens (tertiary/aromatic N) is 1. The number of carbonyl (C=O) groups excluding carboxylic acids is 1. The fourth-order valence-electron chi connectivity index (χ4n) is 2.20. The molecule has 1 aliphatic rings. The number of carbonyl (C=O) groups is 1. The smallest absolute Gasteiger partial charge is 0.142 e. The van der Waals surface area contributed by atoms with Crippen molar-refractivity contribution in [1.29, 1.82) is 0 Å². The van der Waals surface area contributed by atoms with Crippen molar-refractivity contribution in [2.75, 3.05) is 0 Å². The lowest BCUT2D eigenvalue weighted by atomic mass is 9.85. The molecule has 0 radical (unpaired) electrons. The van der Waals surface area contributed by atoms with Gasteiger partial charge in [0.15, 0.2) is 0 Å². The summed E-state index contributed by atoms with van der Waals surface area (Å²) in [5.74, 6) is 0.729. The SMILES string of the molecule is Cc1csc(CC(=O)C2CCCCC2)n1. The Labute approximate surface area is 94.7 Å². The molecule has 1 saturated carbocycles. The Bertz CT molecular complexity index is 339. The molecule has 15 heavy (non-hydrogen) atoms. The van der Waals surface area contributed by atoms with Crippen molar-refractivity contribution in [3.63, 3.8) is 0 Å². The summed E-state index contributed by atoms with van der Waals surface area (Å²) in [4.78, 5) is 16.3. The maximum Gasteiger partial charge on any atom is 0.142 e. The minimum Gasteiger partial charge on any atom is -0.299 e. The van der Waals surface area contributed by atoms with E-state index in [1.165, 1.54) is 19.3 Å². The second-order valence-corrected chi connectivity index (χ2v) is 5.30. The van der Waals surface area contributed by atoms with Gasteiger partial charge in [-0.05, 0) is 19.8 Å². The largest absolute Gasteiger partial charge is 0.299 e. The topological polar surface area (TPSA) is 30.0 Å². The molecule has 0 aliphatic heterocycles. The van der Waals surface area contributed by atoms with E-state index in [1.54, 1.807) is 11.3 Å². The van der Waals surface area contributed by atoms with Gasteiger partial charge in [0.25, 0.3) is 0 Å². The Morgan fingerprint density at radius 3 is 2.80 bits per heavy atom. The Balaban J connectivity index is 1.91. The van der Waals surface area contributed by atoms with Crippen molar-refractivity contribution in [2.45, 2.75) is 45.4 Å². The van der Waals surface area contributed by atoms with Crippen molar-refractivity contribution in [2.24, 2.45) is 5.92 Å². The second kappa shape index (κ2) is 4.88. The number of aryl methyl sites for hydroxylation is 1. The van der Waals surface area contributed by atoms with Crippen LogP contribution in [0.5, 0.6) is 0 Å². The van der Waals surface area contributed by atoms with Crippen molar-refractivity contribution in [3.05, 3.63) is 16.1 Å². The highest BCUT2D eigenvalue weighted by molar-refractivity contribution is 7.09. The summed E-state index contributed by atoms with van der Waals surface area (Å²) in [6, 6.07) is 0. The number of hydrogen-bond acceptors (Lipinski definition) is 3. The molecule has 1 heterocycles. The fraction of sp³-hybridized carbons (Fsp3) is 0.667. The molecule has 82 valence electrons. The van der Waals surface area contributed by atoms with E-state index in [9.17, 15) is 4.79 Å². The summed E-state index contributed by atoms with van der Waals surface area (Å²) in [6.45, 7) is 1.98. The lowest BCUT2D eigenvalue weighted by Gasteiger charge is -2.19. The van der Waals surface area contributed by atoms with Crippen LogP contribution in [-0.2, 0) is 11.2 Å². The van der Waals surface area contributed by atoms with Crippen LogP contribution in [0.15, 0.2) is 5.38 Å². The van der Waals surface area contributed by atoms with Crippen LogP contribution in [0.4, 0.5) is 0 Å². The lowest BCUT2D eigenvalue weighted by Crippen LogP contribution is -2.19. The lowest BCUT2D eigenvalue weighted by molar-refractivity contribution is -0.123. The van der Waals surface area contributed by atoms with Crippen molar-refractivity contribution in [3.8, 4) is 0 Å². The predicted molar refractivity (Wildman–Crippen MR) is 62.1 cm³/mol. The van der Waals surface area contributed by atoms with Gasteiger partial charge in [-0.15, -0.1) is 11.3 Å². The van der Waals surface area contributed by atoms with E-state index in [-0.39, 0.29) is 0 Å². The van der Waals surface area contributed by atoms with Gasteiger partial charge in [-0.1, -0.05) is 19.3 Å². The average Bonchev–Trinajstić information content (AvgIpc) is 2.65. The molecular formula is C12H17NOS. The summed E-state index contributed by atoms with van der Waals surface area (Å²) in [5.41, 5.74) is 1.03. The number of Topliss-reactive ketones (excluding diaryl/α,β-unsaturated/α-hetero) is 1. The van der Waals surface area contributed by atoms with E-state index < -0.39 is 0 Å². The van der Waals surface area contributed by atoms with Crippen LogP contribution in [0.2, 0.25) is 0 Å². The highest BCUT2D eigenvalue weighted by atomic mass is 32.1. The molecular weight excluding hydrogens is 206 g/mol. The van der Waals surface area contributed by atoms with Crippen molar-refractivity contribution in [1.82, 2.24) is 4.98 Å². The molecule has 2 rings (SSSR count). The molecule has 0 saturated heterocycles. The highest BCUT2D eigenvalue weighted by Crippen LogP contribution is 2.25. The summed E-state index contributed by atoms with van der Waals surface area (Å²) < 4.78 is 0. The van der Waals surface area contributed by atoms with Crippen LogP contribution in [-0.4, -0.2) is 10.8 Å². The molecule has 0 N–H and O–H groups in total. The van der Waals surface area contributed by atoms with E-state index in [0.717, 1.165) is 23.5 Å². The van der Waals surface area contributed by atoms with Gasteiger partial charge in [0, 0.05) is 17.0 Å². The number of hydrogen-bond donors (Lipinski definition) is 0. The van der Waals surface area contributed by atoms with Crippen LogP contribution in [0, 0.1) is 12.8 Å². The second-order valence-electron chi connectivity index (χ2n) is 4.36. The van der Waals surface area contributed by atoms with E-state index in [2.05, 4.69) is 4.98 Å². The van der Waals surface area contributed by atoms with Gasteiger partial charge in [0.05, 0.1) is 6.42 Å². The molecule has 0 unspecified atom stereocenters. The van der Waals surface area contributed by atoms with Crippen LogP contribution in [0.1, 0.15) is 42.8 Å². The molecule has 1 aromatic rings. The maximum atomic E-state index is 11.9. The third-order valence-corrected chi connectivity index (χ3v) is 4.02. The van der Waals surface area contributed by atoms with Crippen LogP contribution < -0.4 is 0 Å². The summed E-state index contributed by atoms with van der Waals surface area (Å²) in [6.07, 6.45) is 6.52. The maximum absolute atomic E-state index is 11.9. The zero-order valence-corrected chi connectivity index (χ0v) is 9.98. The van der Waals surface area contributed by atoms with Gasteiger partial charge in [0.1, 0.15) is 10.8 Å². The predicted octanol–water partition coefficient (Wildman–Crippen LogP) is 3.14. The Kier molecular flexibility index (Phi) is 3.52. The first-order valence-electron chi connectivity index (χ1n) is 5.69. The van der Waals surface area contributed by atoms with Gasteiger partial charge >= 0.3 is 0 Å². The number of rotatable bonds is 3. The summed E-state index contributed by atoms with van der Waals surface area (Å²) in [5, 5.41) is 3.01. The van der Waals surface area contributed by atoms with Gasteiger partial charge in [-0.3, -0.25) is 4.79 Å². The molecule has 1 fully saturated rings. The zero-order valence-electron chi connectivity index (χ0n) is 9.16. The fourth-order valence-corrected chi connectivity index (χ4v) is 2.98. The summed E-state index contributed by atoms with van der Waals surface area (Å²) >= 11 is 1.61. The molecule has 0 aromatic carbocycles. The third kappa shape index (κ3) is 2.88. The average molecular weight is 223 g/mol. The number of aromatic nitrogens is 1. The Morgan fingerprint density at radius 1 is 1.47 bits per heavy atom. The molecule has 0 atom stereocenters. The van der Waals surface area contributed by atoms with Gasteiger partial charge < -0.3 is 0 Å². The third-order valence-electron chi connectivity index (χ3n) is 3.05. The molecule has 0 bridgehead atoms. The number of thiazole rings is 1. The van der Waals surface area contributed by atoms with E-state index in [4.69, 9.17) is 0 Å². The van der Waals surface area contributed by atoms with Gasteiger partial charge in [-0.25, -0.2) is 4.98 Å². The first-order chi connectivity index (χ1) is 7.25. The molecule has 3 heteroatoms. The van der Waals surface area contributed by atoms with Crippen molar-refractivity contribution >= 4 is 17.1 Å². The first-order valence-corrected chi connectivity index (χ1v) is 6.57. The first kappa shape index (κ1) is 10.8. The number of ketones is 1. The van der Waals surface area contributed by atoms with E-state index >= 15 is 0 Å². The van der Waals surface area contributed by atoms with Crippen LogP contribution in [0.3, 0.4) is 0 Å². The standard InChI is InChI=1S/C12H17NOS/c1-9-8-15-12(13-9)7-11(14)10-5-3-2-4-6-10/h8,10H,2-7H2,1H3. The Morgan fingerprint density at radius 2 is 2.20 bits per heavy atom. The highest BCUT2D eigenvalue weighted by Gasteiger charge is 2.21. The monoisotopic (exact) mass is 223 g/mol. The molecule has 2 nitrogen and oxygen atoms in total. The van der Waals surface area contributed by atoms with Crippen LogP contribution >= 0.6 is 11.3 Å². The van der Waals surface area contributed by atoms with Gasteiger partial charge in [0.2, 0.25) is 0 Å². The molecule has 1 aliphatic carbocycles. The van der Waals surface area contributed by atoms with E-state index in [1.807, 2.05) is 12.3 Å². The van der Waals surface area contributed by atoms with Crippen molar-refractivity contribution < 1.29 is 4.79 Å². The van der Waals surface area contributed by atoms with E-state index in [0.29, 0.717) is 18.1 Å². The Hall–Kier alpha value is -0.700.